The van der Waals surface area contributed by atoms with Crippen LogP contribution in [0.4, 0.5) is 0 Å². The van der Waals surface area contributed by atoms with Crippen molar-refractivity contribution >= 4 is 12.2 Å². The second-order valence-corrected chi connectivity index (χ2v) is 4.06. The normalized spacial score (nSPS) is 11.2. The Balaban J connectivity index is 0.00000102. The maximum atomic E-state index is 9.87. The summed E-state index contributed by atoms with van der Waals surface area (Å²) in [5, 5.41) is 11.9. The van der Waals surface area contributed by atoms with E-state index in [4.69, 9.17) is 0 Å². The van der Waals surface area contributed by atoms with Crippen molar-refractivity contribution in [3.63, 3.8) is 0 Å². The van der Waals surface area contributed by atoms with Crippen molar-refractivity contribution in [2.24, 2.45) is 0 Å². The lowest BCUT2D eigenvalue weighted by Gasteiger charge is -2.01. The number of nitrogens with one attached hydrogen (secondary N) is 1. The topological polar surface area (TPSA) is 48.9 Å². The number of H-pyrrole nitrogens is 1. The maximum absolute atomic E-state index is 9.87. The first-order valence-corrected chi connectivity index (χ1v) is 7.81. The number of nitrogens with zero attached hydrogens (tertiary/aromatic N) is 1. The first kappa shape index (κ1) is 19.7. The lowest BCUT2D eigenvalue weighted by Crippen LogP contribution is -2.20. The lowest BCUT2D eigenvalue weighted by atomic mass is 10.2. The van der Waals surface area contributed by atoms with Crippen LogP contribution in [0, 0.1) is 6.92 Å². The molecule has 2 rings (SSSR count). The van der Waals surface area contributed by atoms with Gasteiger partial charge in [0.1, 0.15) is 11.4 Å². The Labute approximate surface area is 133 Å². The summed E-state index contributed by atoms with van der Waals surface area (Å²) in [6.45, 7) is 15.6. The van der Waals surface area contributed by atoms with Crippen molar-refractivity contribution in [2.75, 3.05) is 0 Å². The highest BCUT2D eigenvalue weighted by molar-refractivity contribution is 5.63. The van der Waals surface area contributed by atoms with Gasteiger partial charge in [0, 0.05) is 11.0 Å². The third-order valence-corrected chi connectivity index (χ3v) is 2.74. The van der Waals surface area contributed by atoms with Gasteiger partial charge in [-0.05, 0) is 43.3 Å². The fourth-order valence-corrected chi connectivity index (χ4v) is 1.86. The quantitative estimate of drug-likeness (QED) is 0.883. The van der Waals surface area contributed by atoms with Crippen LogP contribution in [0.1, 0.15) is 40.3 Å². The predicted octanol–water partition coefficient (Wildman–Crippen LogP) is 3.91. The summed E-state index contributed by atoms with van der Waals surface area (Å²) in [7, 11) is 0. The number of hydrogen-bond acceptors (Lipinski definition) is 2. The molecule has 0 aromatic carbocycles. The van der Waals surface area contributed by atoms with Gasteiger partial charge in [-0.3, -0.25) is 0 Å². The van der Waals surface area contributed by atoms with Crippen molar-refractivity contribution in [1.82, 2.24) is 9.97 Å². The molecular formula is C19H28N2O. The van der Waals surface area contributed by atoms with Gasteiger partial charge in [0.15, 0.2) is 0 Å². The molecule has 0 unspecified atom stereocenters. The molecule has 120 valence electrons. The van der Waals surface area contributed by atoms with E-state index >= 15 is 0 Å². The smallest absolute Gasteiger partial charge is 0.143 e. The molecule has 0 spiro atoms. The molecule has 3 heteroatoms. The molecule has 0 aliphatic heterocycles. The number of hydrogen-bond donors (Lipinski definition) is 2. The SMILES string of the molecule is C=C/C=c1/[nH]c(-c2nc(C)ccc2O)c/c1=C/C.CC.CC. The molecule has 0 amide bonds. The van der Waals surface area contributed by atoms with Gasteiger partial charge in [0.2, 0.25) is 0 Å². The van der Waals surface area contributed by atoms with Crippen molar-refractivity contribution in [3.05, 3.63) is 47.1 Å². The van der Waals surface area contributed by atoms with Crippen LogP contribution in [0.3, 0.4) is 0 Å². The second kappa shape index (κ2) is 10.4. The third kappa shape index (κ3) is 4.92. The summed E-state index contributed by atoms with van der Waals surface area (Å²) in [5.41, 5.74) is 2.24. The molecule has 0 aliphatic carbocycles. The minimum Gasteiger partial charge on any atom is -0.506 e. The van der Waals surface area contributed by atoms with Crippen LogP contribution in [0.5, 0.6) is 5.75 Å². The predicted molar refractivity (Wildman–Crippen MR) is 97.2 cm³/mol. The van der Waals surface area contributed by atoms with Crippen LogP contribution >= 0.6 is 0 Å². The first-order valence-electron chi connectivity index (χ1n) is 7.81. The fraction of sp³-hybridized carbons (Fsp3) is 0.316. The largest absolute Gasteiger partial charge is 0.506 e. The summed E-state index contributed by atoms with van der Waals surface area (Å²) < 4.78 is 0. The molecule has 0 saturated carbocycles. The van der Waals surface area contributed by atoms with Gasteiger partial charge in [-0.2, -0.15) is 0 Å². The summed E-state index contributed by atoms with van der Waals surface area (Å²) in [6, 6.07) is 5.41. The number of aromatic amines is 1. The van der Waals surface area contributed by atoms with E-state index in [0.29, 0.717) is 5.69 Å². The Kier molecular flexibility index (Phi) is 9.35. The van der Waals surface area contributed by atoms with Crippen LogP contribution in [0.15, 0.2) is 30.9 Å². The Hall–Kier alpha value is -2.29. The summed E-state index contributed by atoms with van der Waals surface area (Å²) >= 11 is 0. The highest BCUT2D eigenvalue weighted by Crippen LogP contribution is 2.23. The van der Waals surface area contributed by atoms with Crippen LogP contribution in [-0.2, 0) is 0 Å². The van der Waals surface area contributed by atoms with E-state index in [2.05, 4.69) is 16.5 Å². The number of allylic oxidation sites excluding steroid dienone is 1. The Morgan fingerprint density at radius 1 is 1.18 bits per heavy atom. The van der Waals surface area contributed by atoms with Gasteiger partial charge in [0.05, 0.1) is 5.69 Å². The number of rotatable bonds is 2. The number of aromatic hydroxyl groups is 1. The van der Waals surface area contributed by atoms with Gasteiger partial charge < -0.3 is 10.1 Å². The highest BCUT2D eigenvalue weighted by Gasteiger charge is 2.07. The van der Waals surface area contributed by atoms with E-state index < -0.39 is 0 Å². The molecule has 0 saturated heterocycles. The minimum atomic E-state index is 0.176. The van der Waals surface area contributed by atoms with E-state index in [0.717, 1.165) is 22.0 Å². The summed E-state index contributed by atoms with van der Waals surface area (Å²) in [4.78, 5) is 7.59. The van der Waals surface area contributed by atoms with Gasteiger partial charge in [-0.25, -0.2) is 4.98 Å². The molecule has 0 bridgehead atoms. The van der Waals surface area contributed by atoms with Crippen molar-refractivity contribution in [3.8, 4) is 17.1 Å². The average molecular weight is 300 g/mol. The number of aromatic nitrogens is 2. The molecule has 2 aromatic rings. The van der Waals surface area contributed by atoms with Gasteiger partial charge in [0.25, 0.3) is 0 Å². The second-order valence-electron chi connectivity index (χ2n) is 4.06. The third-order valence-electron chi connectivity index (χ3n) is 2.74. The van der Waals surface area contributed by atoms with Crippen molar-refractivity contribution < 1.29 is 5.11 Å². The zero-order chi connectivity index (χ0) is 17.1. The lowest BCUT2D eigenvalue weighted by molar-refractivity contribution is 0.474. The number of aryl methyl sites for hydroxylation is 1. The molecular weight excluding hydrogens is 272 g/mol. The monoisotopic (exact) mass is 300 g/mol. The van der Waals surface area contributed by atoms with Gasteiger partial charge >= 0.3 is 0 Å². The molecule has 0 atom stereocenters. The Morgan fingerprint density at radius 2 is 1.82 bits per heavy atom. The van der Waals surface area contributed by atoms with Crippen molar-refractivity contribution in [2.45, 2.75) is 41.5 Å². The average Bonchev–Trinajstić information content (AvgIpc) is 2.97. The highest BCUT2D eigenvalue weighted by atomic mass is 16.3. The van der Waals surface area contributed by atoms with Crippen molar-refractivity contribution in [1.29, 1.82) is 0 Å². The Bertz CT molecular complexity index is 697. The van der Waals surface area contributed by atoms with E-state index in [1.165, 1.54) is 0 Å². The van der Waals surface area contributed by atoms with Crippen LogP contribution in [0.25, 0.3) is 23.5 Å². The van der Waals surface area contributed by atoms with Crippen LogP contribution in [-0.4, -0.2) is 15.1 Å². The maximum Gasteiger partial charge on any atom is 0.143 e. The van der Waals surface area contributed by atoms with Crippen LogP contribution < -0.4 is 10.6 Å². The van der Waals surface area contributed by atoms with E-state index in [1.54, 1.807) is 18.2 Å². The molecule has 0 fully saturated rings. The zero-order valence-corrected chi connectivity index (χ0v) is 14.6. The molecule has 2 heterocycles. The molecule has 0 radical (unpaired) electrons. The summed E-state index contributed by atoms with van der Waals surface area (Å²) in [6.07, 6.45) is 5.62. The molecule has 2 aromatic heterocycles. The van der Waals surface area contributed by atoms with Gasteiger partial charge in [-0.1, -0.05) is 46.4 Å². The zero-order valence-electron chi connectivity index (χ0n) is 14.6. The fourth-order valence-electron chi connectivity index (χ4n) is 1.86. The number of pyridine rings is 1. The molecule has 2 N–H and O–H groups in total. The van der Waals surface area contributed by atoms with Gasteiger partial charge in [-0.15, -0.1) is 0 Å². The van der Waals surface area contributed by atoms with Crippen LogP contribution in [0.2, 0.25) is 0 Å². The first-order chi connectivity index (χ1) is 10.7. The Morgan fingerprint density at radius 3 is 2.36 bits per heavy atom. The molecule has 0 aliphatic rings. The summed E-state index contributed by atoms with van der Waals surface area (Å²) in [5.74, 6) is 0.176. The standard InChI is InChI=1S/C15H16N2O.2C2H6/c1-4-6-12-11(5-2)9-13(17-12)15-14(18)8-7-10(3)16-15;2*1-2/h4-9,17-18H,1H2,2-3H3;2*1-2H3/b11-5-,12-6+;;. The minimum absolute atomic E-state index is 0.176. The van der Waals surface area contributed by atoms with E-state index in [9.17, 15) is 5.11 Å². The van der Waals surface area contributed by atoms with E-state index in [-0.39, 0.29) is 5.75 Å². The molecule has 22 heavy (non-hydrogen) atoms. The molecule has 3 nitrogen and oxygen atoms in total. The van der Waals surface area contributed by atoms with E-state index in [1.807, 2.05) is 59.8 Å².